The van der Waals surface area contributed by atoms with Gasteiger partial charge in [-0.1, -0.05) is 44.7 Å². The van der Waals surface area contributed by atoms with E-state index in [-0.39, 0.29) is 11.2 Å². The molecular weight excluding hydrogens is 505 g/mol. The summed E-state index contributed by atoms with van der Waals surface area (Å²) in [6.07, 6.45) is 3.17. The summed E-state index contributed by atoms with van der Waals surface area (Å²) >= 11 is 0. The van der Waals surface area contributed by atoms with E-state index in [1.54, 1.807) is 23.0 Å². The van der Waals surface area contributed by atoms with E-state index in [2.05, 4.69) is 53.2 Å². The summed E-state index contributed by atoms with van der Waals surface area (Å²) < 4.78 is 15.4. The van der Waals surface area contributed by atoms with Crippen LogP contribution in [-0.4, -0.2) is 25.8 Å². The van der Waals surface area contributed by atoms with Crippen molar-refractivity contribution in [2.75, 3.05) is 16.4 Å². The zero-order chi connectivity index (χ0) is 28.4. The molecule has 0 atom stereocenters. The third-order valence-corrected chi connectivity index (χ3v) is 6.26. The number of benzene rings is 2. The standard InChI is InChI=1S/C31H28FN7O/c1-19-7-10-23(15-21(19)9-8-20-14-25(32)29(33)35-18-20)36-30(40)37-28-17-27(31(2,3)4)38-39(28)24-11-12-26-22(16-24)6-5-13-34-26/h5-7,10-18H,1-4H3,(H2,33,35)(H2,36,37,40). The number of nitrogens with one attached hydrogen (secondary N) is 2. The molecule has 0 bridgehead atoms. The topological polar surface area (TPSA) is 111 Å². The first-order valence-corrected chi connectivity index (χ1v) is 12.6. The predicted molar refractivity (Wildman–Crippen MR) is 156 cm³/mol. The molecule has 0 aliphatic carbocycles. The van der Waals surface area contributed by atoms with E-state index < -0.39 is 11.8 Å². The van der Waals surface area contributed by atoms with E-state index in [9.17, 15) is 9.18 Å². The minimum atomic E-state index is -0.621. The third-order valence-electron chi connectivity index (χ3n) is 6.26. The van der Waals surface area contributed by atoms with E-state index in [4.69, 9.17) is 10.8 Å². The molecule has 5 aromatic rings. The maximum atomic E-state index is 13.7. The fraction of sp³-hybridized carbons (Fsp3) is 0.161. The Morgan fingerprint density at radius 1 is 1.00 bits per heavy atom. The summed E-state index contributed by atoms with van der Waals surface area (Å²) in [6.45, 7) is 8.11. The molecule has 4 N–H and O–H groups in total. The number of aromatic nitrogens is 4. The lowest BCUT2D eigenvalue weighted by molar-refractivity contribution is 0.262. The summed E-state index contributed by atoms with van der Waals surface area (Å²) in [7, 11) is 0. The number of carbonyl (C=O) groups is 1. The van der Waals surface area contributed by atoms with Crippen molar-refractivity contribution in [2.24, 2.45) is 0 Å². The first-order valence-electron chi connectivity index (χ1n) is 12.6. The lowest BCUT2D eigenvalue weighted by Crippen LogP contribution is -2.21. The fourth-order valence-corrected chi connectivity index (χ4v) is 4.00. The number of urea groups is 1. The highest BCUT2D eigenvalue weighted by molar-refractivity contribution is 5.99. The molecule has 3 aromatic heterocycles. The lowest BCUT2D eigenvalue weighted by Gasteiger charge is -2.14. The van der Waals surface area contributed by atoms with Crippen LogP contribution < -0.4 is 16.4 Å². The Morgan fingerprint density at radius 3 is 2.60 bits per heavy atom. The van der Waals surface area contributed by atoms with Gasteiger partial charge in [0.05, 0.1) is 16.9 Å². The molecule has 0 spiro atoms. The van der Waals surface area contributed by atoms with Gasteiger partial charge in [0.2, 0.25) is 0 Å². The maximum Gasteiger partial charge on any atom is 0.324 e. The number of hydrogen-bond acceptors (Lipinski definition) is 5. The van der Waals surface area contributed by atoms with Crippen LogP contribution in [0, 0.1) is 24.6 Å². The van der Waals surface area contributed by atoms with Crippen molar-refractivity contribution in [3.63, 3.8) is 0 Å². The van der Waals surface area contributed by atoms with Crippen molar-refractivity contribution < 1.29 is 9.18 Å². The van der Waals surface area contributed by atoms with Gasteiger partial charge in [0.1, 0.15) is 5.82 Å². The smallest absolute Gasteiger partial charge is 0.324 e. The highest BCUT2D eigenvalue weighted by atomic mass is 19.1. The largest absolute Gasteiger partial charge is 0.381 e. The van der Waals surface area contributed by atoms with Crippen molar-refractivity contribution in [1.29, 1.82) is 0 Å². The number of amides is 2. The van der Waals surface area contributed by atoms with Crippen molar-refractivity contribution in [3.05, 3.63) is 101 Å². The molecule has 200 valence electrons. The second-order valence-corrected chi connectivity index (χ2v) is 10.4. The summed E-state index contributed by atoms with van der Waals surface area (Å²) in [6, 6.07) is 17.8. The summed E-state index contributed by atoms with van der Waals surface area (Å²) in [5.41, 5.74) is 10.2. The Morgan fingerprint density at radius 2 is 1.82 bits per heavy atom. The first-order chi connectivity index (χ1) is 19.1. The van der Waals surface area contributed by atoms with Crippen LogP contribution >= 0.6 is 0 Å². The Bertz CT molecular complexity index is 1810. The molecular formula is C31H28FN7O. The number of rotatable bonds is 3. The average molecular weight is 534 g/mol. The number of nitrogen functional groups attached to an aromatic ring is 1. The Kier molecular flexibility index (Phi) is 6.92. The zero-order valence-corrected chi connectivity index (χ0v) is 22.6. The number of nitrogens with zero attached hydrogens (tertiary/aromatic N) is 4. The predicted octanol–water partition coefficient (Wildman–Crippen LogP) is 6.19. The van der Waals surface area contributed by atoms with Crippen molar-refractivity contribution in [1.82, 2.24) is 19.7 Å². The van der Waals surface area contributed by atoms with Crippen molar-refractivity contribution in [3.8, 4) is 17.5 Å². The van der Waals surface area contributed by atoms with Gasteiger partial charge in [-0.3, -0.25) is 10.3 Å². The molecule has 0 radical (unpaired) electrons. The van der Waals surface area contributed by atoms with E-state index in [0.29, 0.717) is 22.6 Å². The zero-order valence-electron chi connectivity index (χ0n) is 22.6. The quantitative estimate of drug-likeness (QED) is 0.240. The Labute approximate surface area is 231 Å². The highest BCUT2D eigenvalue weighted by Gasteiger charge is 2.22. The number of halogens is 1. The van der Waals surface area contributed by atoms with Crippen LogP contribution in [0.25, 0.3) is 16.6 Å². The molecule has 8 nitrogen and oxygen atoms in total. The van der Waals surface area contributed by atoms with Gasteiger partial charge in [0.25, 0.3) is 0 Å². The number of nitrogens with two attached hydrogens (primary N) is 1. The second-order valence-electron chi connectivity index (χ2n) is 10.4. The minimum Gasteiger partial charge on any atom is -0.381 e. The van der Waals surface area contributed by atoms with E-state index in [1.807, 2.05) is 49.4 Å². The van der Waals surface area contributed by atoms with Gasteiger partial charge in [-0.2, -0.15) is 5.10 Å². The molecule has 0 fully saturated rings. The third kappa shape index (κ3) is 5.76. The van der Waals surface area contributed by atoms with Crippen LogP contribution in [0.2, 0.25) is 0 Å². The Hall–Kier alpha value is -5.23. The van der Waals surface area contributed by atoms with Gasteiger partial charge in [-0.05, 0) is 55.0 Å². The van der Waals surface area contributed by atoms with E-state index >= 15 is 0 Å². The molecule has 9 heteroatoms. The SMILES string of the molecule is Cc1ccc(NC(=O)Nc2cc(C(C)(C)C)nn2-c2ccc3ncccc3c2)cc1C#Cc1cnc(N)c(F)c1. The van der Waals surface area contributed by atoms with Crippen LogP contribution in [0.3, 0.4) is 0 Å². The summed E-state index contributed by atoms with van der Waals surface area (Å²) in [5.74, 6) is 5.64. The van der Waals surface area contributed by atoms with E-state index in [1.165, 1.54) is 12.3 Å². The van der Waals surface area contributed by atoms with Crippen LogP contribution in [-0.2, 0) is 5.41 Å². The van der Waals surface area contributed by atoms with Crippen molar-refractivity contribution in [2.45, 2.75) is 33.1 Å². The summed E-state index contributed by atoms with van der Waals surface area (Å²) in [5, 5.41) is 11.6. The van der Waals surface area contributed by atoms with Crippen LogP contribution in [0.15, 0.2) is 73.1 Å². The van der Waals surface area contributed by atoms with E-state index in [0.717, 1.165) is 27.8 Å². The van der Waals surface area contributed by atoms with Gasteiger partial charge < -0.3 is 11.1 Å². The number of fused-ring (bicyclic) bond motifs is 1. The van der Waals surface area contributed by atoms with Gasteiger partial charge in [0, 0.05) is 46.1 Å². The molecule has 2 amide bonds. The van der Waals surface area contributed by atoms with Crippen LogP contribution in [0.4, 0.5) is 26.5 Å². The number of aryl methyl sites for hydroxylation is 1. The second kappa shape index (κ2) is 10.5. The monoisotopic (exact) mass is 533 g/mol. The van der Waals surface area contributed by atoms with Crippen LogP contribution in [0.1, 0.15) is 43.2 Å². The fourth-order valence-electron chi connectivity index (χ4n) is 4.00. The van der Waals surface area contributed by atoms with Crippen molar-refractivity contribution >= 4 is 34.3 Å². The number of pyridine rings is 2. The molecule has 0 aliphatic rings. The molecule has 5 rings (SSSR count). The number of anilines is 3. The first kappa shape index (κ1) is 26.4. The molecule has 40 heavy (non-hydrogen) atoms. The Balaban J connectivity index is 1.40. The van der Waals surface area contributed by atoms with Crippen LogP contribution in [0.5, 0.6) is 0 Å². The highest BCUT2D eigenvalue weighted by Crippen LogP contribution is 2.28. The number of hydrogen-bond donors (Lipinski definition) is 3. The molecule has 2 aromatic carbocycles. The van der Waals surface area contributed by atoms with Gasteiger partial charge in [0.15, 0.2) is 11.6 Å². The summed E-state index contributed by atoms with van der Waals surface area (Å²) in [4.78, 5) is 21.3. The molecule has 0 aliphatic heterocycles. The van der Waals surface area contributed by atoms with Gasteiger partial charge in [-0.25, -0.2) is 18.9 Å². The average Bonchev–Trinajstić information content (AvgIpc) is 3.35. The van der Waals surface area contributed by atoms with Gasteiger partial charge in [-0.15, -0.1) is 0 Å². The molecule has 0 saturated carbocycles. The molecule has 3 heterocycles. The normalized spacial score (nSPS) is 11.1. The van der Waals surface area contributed by atoms with Gasteiger partial charge >= 0.3 is 6.03 Å². The maximum absolute atomic E-state index is 13.7. The minimum absolute atomic E-state index is 0.174. The molecule has 0 unspecified atom stereocenters. The number of carbonyl (C=O) groups excluding carboxylic acids is 1. The molecule has 0 saturated heterocycles. The lowest BCUT2D eigenvalue weighted by atomic mass is 9.92.